The smallest absolute Gasteiger partial charge is 0.242 e. The third-order valence-corrected chi connectivity index (χ3v) is 4.09. The Kier molecular flexibility index (Phi) is 3.49. The second kappa shape index (κ2) is 4.91. The highest BCUT2D eigenvalue weighted by Crippen LogP contribution is 2.25. The molecule has 6 heteroatoms. The predicted molar refractivity (Wildman–Crippen MR) is 71.6 cm³/mol. The number of nitrogens with zero attached hydrogens (tertiary/aromatic N) is 1. The SMILES string of the molecule is CCCNS(=O)(=O)c1ccc(N)c2cccnc12. The van der Waals surface area contributed by atoms with E-state index in [-0.39, 0.29) is 4.90 Å². The fraction of sp³-hybridized carbons (Fsp3) is 0.250. The molecule has 1 aromatic heterocycles. The highest BCUT2D eigenvalue weighted by Gasteiger charge is 2.18. The number of benzene rings is 1. The van der Waals surface area contributed by atoms with Crippen LogP contribution in [0.4, 0.5) is 5.69 Å². The molecular formula is C12H15N3O2S. The van der Waals surface area contributed by atoms with Gasteiger partial charge in [0.1, 0.15) is 4.90 Å². The number of nitrogens with two attached hydrogens (primary N) is 1. The zero-order valence-electron chi connectivity index (χ0n) is 10.1. The van der Waals surface area contributed by atoms with Gasteiger partial charge >= 0.3 is 0 Å². The molecule has 5 nitrogen and oxygen atoms in total. The van der Waals surface area contributed by atoms with Crippen LogP contribution in [0.15, 0.2) is 35.4 Å². The highest BCUT2D eigenvalue weighted by atomic mass is 32.2. The summed E-state index contributed by atoms with van der Waals surface area (Å²) in [4.78, 5) is 4.28. The molecule has 0 spiro atoms. The first kappa shape index (κ1) is 12.8. The highest BCUT2D eigenvalue weighted by molar-refractivity contribution is 7.89. The van der Waals surface area contributed by atoms with Gasteiger partial charge in [0.25, 0.3) is 0 Å². The predicted octanol–water partition coefficient (Wildman–Crippen LogP) is 1.51. The van der Waals surface area contributed by atoms with Gasteiger partial charge in [-0.1, -0.05) is 6.92 Å². The number of anilines is 1. The molecule has 18 heavy (non-hydrogen) atoms. The molecule has 0 fully saturated rings. The molecule has 2 rings (SSSR count). The number of rotatable bonds is 4. The molecule has 0 bridgehead atoms. The van der Waals surface area contributed by atoms with E-state index in [4.69, 9.17) is 5.73 Å². The van der Waals surface area contributed by atoms with Crippen LogP contribution in [0.25, 0.3) is 10.9 Å². The van der Waals surface area contributed by atoms with Crippen LogP contribution < -0.4 is 10.5 Å². The van der Waals surface area contributed by atoms with E-state index in [1.54, 1.807) is 24.4 Å². The summed E-state index contributed by atoms with van der Waals surface area (Å²) in [6.07, 6.45) is 2.29. The molecule has 0 aliphatic rings. The lowest BCUT2D eigenvalue weighted by Gasteiger charge is -2.09. The van der Waals surface area contributed by atoms with Crippen molar-refractivity contribution in [2.24, 2.45) is 0 Å². The molecule has 0 atom stereocenters. The van der Waals surface area contributed by atoms with Crippen molar-refractivity contribution >= 4 is 26.6 Å². The lowest BCUT2D eigenvalue weighted by Crippen LogP contribution is -2.24. The van der Waals surface area contributed by atoms with Crippen LogP contribution >= 0.6 is 0 Å². The van der Waals surface area contributed by atoms with Gasteiger partial charge in [0.2, 0.25) is 10.0 Å². The summed E-state index contributed by atoms with van der Waals surface area (Å²) in [5.41, 5.74) is 6.74. The molecule has 0 saturated carbocycles. The summed E-state index contributed by atoms with van der Waals surface area (Å²) in [6.45, 7) is 2.31. The molecule has 2 aromatic rings. The van der Waals surface area contributed by atoms with E-state index < -0.39 is 10.0 Å². The van der Waals surface area contributed by atoms with E-state index in [2.05, 4.69) is 9.71 Å². The Hall–Kier alpha value is -1.66. The first-order valence-electron chi connectivity index (χ1n) is 5.69. The van der Waals surface area contributed by atoms with Gasteiger partial charge in [0.05, 0.1) is 5.52 Å². The van der Waals surface area contributed by atoms with Crippen molar-refractivity contribution in [1.82, 2.24) is 9.71 Å². The average Bonchev–Trinajstić information content (AvgIpc) is 2.37. The Bertz CT molecular complexity index is 668. The second-order valence-electron chi connectivity index (χ2n) is 3.95. The van der Waals surface area contributed by atoms with Crippen LogP contribution in [-0.2, 0) is 10.0 Å². The van der Waals surface area contributed by atoms with E-state index in [1.165, 1.54) is 6.07 Å². The van der Waals surface area contributed by atoms with Crippen molar-refractivity contribution in [1.29, 1.82) is 0 Å². The maximum atomic E-state index is 12.1. The Morgan fingerprint density at radius 2 is 2.11 bits per heavy atom. The van der Waals surface area contributed by atoms with Gasteiger partial charge in [-0.15, -0.1) is 0 Å². The number of pyridine rings is 1. The van der Waals surface area contributed by atoms with Gasteiger partial charge in [-0.05, 0) is 30.7 Å². The molecule has 1 heterocycles. The minimum absolute atomic E-state index is 0.167. The standard InChI is InChI=1S/C12H15N3O2S/c1-2-7-15-18(16,17)11-6-5-10(13)9-4-3-8-14-12(9)11/h3-6,8,15H,2,7,13H2,1H3. The van der Waals surface area contributed by atoms with E-state index in [0.29, 0.717) is 23.1 Å². The number of hydrogen-bond donors (Lipinski definition) is 2. The van der Waals surface area contributed by atoms with E-state index >= 15 is 0 Å². The van der Waals surface area contributed by atoms with Crippen LogP contribution in [0, 0.1) is 0 Å². The first-order valence-corrected chi connectivity index (χ1v) is 7.17. The summed E-state index contributed by atoms with van der Waals surface area (Å²) in [7, 11) is -3.53. The van der Waals surface area contributed by atoms with E-state index in [1.807, 2.05) is 6.92 Å². The first-order chi connectivity index (χ1) is 8.56. The number of sulfonamides is 1. The quantitative estimate of drug-likeness (QED) is 0.820. The van der Waals surface area contributed by atoms with Crippen LogP contribution in [0.2, 0.25) is 0 Å². The van der Waals surface area contributed by atoms with Crippen LogP contribution in [-0.4, -0.2) is 19.9 Å². The number of nitrogens with one attached hydrogen (secondary N) is 1. The Morgan fingerprint density at radius 1 is 1.33 bits per heavy atom. The average molecular weight is 265 g/mol. The van der Waals surface area contributed by atoms with Crippen molar-refractivity contribution in [3.8, 4) is 0 Å². The third-order valence-electron chi connectivity index (χ3n) is 2.60. The fourth-order valence-electron chi connectivity index (χ4n) is 1.70. The Balaban J connectivity index is 2.62. The van der Waals surface area contributed by atoms with Crippen molar-refractivity contribution in [3.05, 3.63) is 30.5 Å². The Morgan fingerprint density at radius 3 is 2.83 bits per heavy atom. The summed E-state index contributed by atoms with van der Waals surface area (Å²) in [5, 5.41) is 0.650. The van der Waals surface area contributed by atoms with Crippen LogP contribution in [0.1, 0.15) is 13.3 Å². The molecule has 0 saturated heterocycles. The third kappa shape index (κ3) is 2.30. The molecule has 0 amide bonds. The van der Waals surface area contributed by atoms with Gasteiger partial charge in [-0.3, -0.25) is 4.98 Å². The van der Waals surface area contributed by atoms with Gasteiger partial charge < -0.3 is 5.73 Å². The maximum Gasteiger partial charge on any atom is 0.242 e. The van der Waals surface area contributed by atoms with Crippen molar-refractivity contribution in [2.45, 2.75) is 18.2 Å². The molecule has 0 unspecified atom stereocenters. The van der Waals surface area contributed by atoms with Crippen molar-refractivity contribution < 1.29 is 8.42 Å². The van der Waals surface area contributed by atoms with Crippen molar-refractivity contribution in [3.63, 3.8) is 0 Å². The molecule has 0 aliphatic heterocycles. The normalized spacial score (nSPS) is 11.8. The lowest BCUT2D eigenvalue weighted by molar-refractivity contribution is 0.581. The number of nitrogen functional groups attached to an aromatic ring is 1. The molecule has 0 aliphatic carbocycles. The largest absolute Gasteiger partial charge is 0.398 e. The van der Waals surface area contributed by atoms with Crippen LogP contribution in [0.3, 0.4) is 0 Å². The van der Waals surface area contributed by atoms with Crippen LogP contribution in [0.5, 0.6) is 0 Å². The molecule has 3 N–H and O–H groups in total. The zero-order chi connectivity index (χ0) is 13.2. The lowest BCUT2D eigenvalue weighted by atomic mass is 10.2. The topological polar surface area (TPSA) is 85.1 Å². The molecular weight excluding hydrogens is 250 g/mol. The minimum Gasteiger partial charge on any atom is -0.398 e. The Labute approximate surface area is 106 Å². The summed E-state index contributed by atoms with van der Waals surface area (Å²) in [5.74, 6) is 0. The van der Waals surface area contributed by atoms with Gasteiger partial charge in [-0.25, -0.2) is 13.1 Å². The van der Waals surface area contributed by atoms with E-state index in [0.717, 1.165) is 6.42 Å². The fourth-order valence-corrected chi connectivity index (χ4v) is 2.99. The summed E-state index contributed by atoms with van der Waals surface area (Å²) >= 11 is 0. The number of hydrogen-bond acceptors (Lipinski definition) is 4. The van der Waals surface area contributed by atoms with Gasteiger partial charge in [-0.2, -0.15) is 0 Å². The summed E-state index contributed by atoms with van der Waals surface area (Å²) < 4.78 is 26.8. The number of fused-ring (bicyclic) bond motifs is 1. The minimum atomic E-state index is -3.53. The van der Waals surface area contributed by atoms with E-state index in [9.17, 15) is 8.42 Å². The van der Waals surface area contributed by atoms with Gasteiger partial charge in [0.15, 0.2) is 0 Å². The molecule has 96 valence electrons. The zero-order valence-corrected chi connectivity index (χ0v) is 10.9. The summed E-state index contributed by atoms with van der Waals surface area (Å²) in [6, 6.07) is 6.57. The van der Waals surface area contributed by atoms with Gasteiger partial charge in [0, 0.05) is 23.8 Å². The number of aromatic nitrogens is 1. The molecule has 0 radical (unpaired) electrons. The molecule has 1 aromatic carbocycles. The van der Waals surface area contributed by atoms with Crippen molar-refractivity contribution in [2.75, 3.05) is 12.3 Å². The maximum absolute atomic E-state index is 12.1. The monoisotopic (exact) mass is 265 g/mol. The second-order valence-corrected chi connectivity index (χ2v) is 5.69.